The van der Waals surface area contributed by atoms with E-state index in [4.69, 9.17) is 5.11 Å². The molecule has 1 aromatic rings. The number of carboxylic acid groups (broad SMARTS) is 1. The summed E-state index contributed by atoms with van der Waals surface area (Å²) in [6.45, 7) is 1.35. The minimum Gasteiger partial charge on any atom is -0.480 e. The SMILES string of the molecule is C[C@H](NC(=O)C1(c2ccc(F)cc2F)CCCC1)C(=O)O. The molecule has 0 unspecified atom stereocenters. The summed E-state index contributed by atoms with van der Waals surface area (Å²) in [6.07, 6.45) is 2.33. The monoisotopic (exact) mass is 297 g/mol. The van der Waals surface area contributed by atoms with E-state index >= 15 is 0 Å². The van der Waals surface area contributed by atoms with E-state index in [-0.39, 0.29) is 5.56 Å². The minimum atomic E-state index is -1.16. The third kappa shape index (κ3) is 2.89. The Morgan fingerprint density at radius 2 is 1.90 bits per heavy atom. The Morgan fingerprint density at radius 1 is 1.29 bits per heavy atom. The van der Waals surface area contributed by atoms with Gasteiger partial charge in [0.15, 0.2) is 0 Å². The number of amides is 1. The zero-order valence-electron chi connectivity index (χ0n) is 11.7. The van der Waals surface area contributed by atoms with E-state index in [2.05, 4.69) is 5.32 Å². The van der Waals surface area contributed by atoms with Crippen molar-refractivity contribution >= 4 is 11.9 Å². The number of nitrogens with one attached hydrogen (secondary N) is 1. The first-order chi connectivity index (χ1) is 9.86. The molecular weight excluding hydrogens is 280 g/mol. The molecule has 0 saturated heterocycles. The number of halogens is 2. The van der Waals surface area contributed by atoms with Crippen molar-refractivity contribution in [2.75, 3.05) is 0 Å². The lowest BCUT2D eigenvalue weighted by Gasteiger charge is -2.29. The fourth-order valence-corrected chi connectivity index (χ4v) is 2.87. The summed E-state index contributed by atoms with van der Waals surface area (Å²) in [5.74, 6) is -3.14. The molecule has 1 saturated carbocycles. The molecule has 1 aromatic carbocycles. The molecule has 1 aliphatic rings. The summed E-state index contributed by atoms with van der Waals surface area (Å²) in [7, 11) is 0. The number of benzene rings is 1. The van der Waals surface area contributed by atoms with Crippen molar-refractivity contribution in [1.82, 2.24) is 5.32 Å². The van der Waals surface area contributed by atoms with Gasteiger partial charge >= 0.3 is 5.97 Å². The van der Waals surface area contributed by atoms with Crippen LogP contribution < -0.4 is 5.32 Å². The highest BCUT2D eigenvalue weighted by Crippen LogP contribution is 2.42. The van der Waals surface area contributed by atoms with Gasteiger partial charge in [-0.15, -0.1) is 0 Å². The Labute approximate surface area is 121 Å². The quantitative estimate of drug-likeness (QED) is 0.896. The van der Waals surface area contributed by atoms with Crippen molar-refractivity contribution in [3.8, 4) is 0 Å². The molecular formula is C15H17F2NO3. The summed E-state index contributed by atoms with van der Waals surface area (Å²) < 4.78 is 27.1. The molecule has 114 valence electrons. The Kier molecular flexibility index (Phi) is 4.25. The minimum absolute atomic E-state index is 0.136. The molecule has 4 nitrogen and oxygen atoms in total. The van der Waals surface area contributed by atoms with E-state index in [0.29, 0.717) is 12.8 Å². The third-order valence-electron chi connectivity index (χ3n) is 4.06. The highest BCUT2D eigenvalue weighted by Gasteiger charge is 2.45. The van der Waals surface area contributed by atoms with E-state index < -0.39 is 35.0 Å². The Morgan fingerprint density at radius 3 is 2.43 bits per heavy atom. The number of carboxylic acids is 1. The fraction of sp³-hybridized carbons (Fsp3) is 0.467. The van der Waals surface area contributed by atoms with Crippen molar-refractivity contribution in [1.29, 1.82) is 0 Å². The standard InChI is InChI=1S/C15H17F2NO3/c1-9(13(19)20)18-14(21)15(6-2-3-7-15)11-5-4-10(16)8-12(11)17/h4-5,8-9H,2-3,6-7H2,1H3,(H,18,21)(H,19,20)/t9-/m0/s1. The average Bonchev–Trinajstić information content (AvgIpc) is 2.88. The second kappa shape index (κ2) is 5.79. The Bertz CT molecular complexity index is 568. The molecule has 0 aromatic heterocycles. The predicted octanol–water partition coefficient (Wildman–Crippen LogP) is 2.37. The van der Waals surface area contributed by atoms with Crippen LogP contribution >= 0.6 is 0 Å². The number of rotatable bonds is 4. The van der Waals surface area contributed by atoms with Gasteiger partial charge in [-0.25, -0.2) is 8.78 Å². The zero-order chi connectivity index (χ0) is 15.6. The van der Waals surface area contributed by atoms with Gasteiger partial charge in [0.1, 0.15) is 17.7 Å². The first kappa shape index (κ1) is 15.4. The maximum Gasteiger partial charge on any atom is 0.325 e. The molecule has 0 spiro atoms. The topological polar surface area (TPSA) is 66.4 Å². The van der Waals surface area contributed by atoms with Crippen LogP contribution in [0.4, 0.5) is 8.78 Å². The lowest BCUT2D eigenvalue weighted by atomic mass is 9.77. The van der Waals surface area contributed by atoms with Crippen LogP contribution in [0, 0.1) is 11.6 Å². The van der Waals surface area contributed by atoms with E-state index in [1.807, 2.05) is 0 Å². The zero-order valence-corrected chi connectivity index (χ0v) is 11.7. The molecule has 21 heavy (non-hydrogen) atoms. The van der Waals surface area contributed by atoms with Gasteiger partial charge in [-0.3, -0.25) is 9.59 Å². The van der Waals surface area contributed by atoms with Gasteiger partial charge in [0, 0.05) is 11.6 Å². The fourth-order valence-electron chi connectivity index (χ4n) is 2.87. The van der Waals surface area contributed by atoms with Crippen LogP contribution in [0.2, 0.25) is 0 Å². The van der Waals surface area contributed by atoms with Crippen LogP contribution in [0.25, 0.3) is 0 Å². The summed E-state index contributed by atoms with van der Waals surface area (Å²) in [6, 6.07) is 2.09. The molecule has 0 heterocycles. The van der Waals surface area contributed by atoms with Gasteiger partial charge < -0.3 is 10.4 Å². The lowest BCUT2D eigenvalue weighted by Crippen LogP contribution is -2.48. The van der Waals surface area contributed by atoms with Gasteiger partial charge in [-0.1, -0.05) is 18.9 Å². The first-order valence-electron chi connectivity index (χ1n) is 6.86. The molecule has 0 bridgehead atoms. The van der Waals surface area contributed by atoms with E-state index in [1.165, 1.54) is 13.0 Å². The predicted molar refractivity (Wildman–Crippen MR) is 71.7 cm³/mol. The van der Waals surface area contributed by atoms with Crippen LogP contribution in [0.1, 0.15) is 38.2 Å². The van der Waals surface area contributed by atoms with Gasteiger partial charge in [-0.05, 0) is 25.8 Å². The molecule has 0 radical (unpaired) electrons. The van der Waals surface area contributed by atoms with Crippen molar-refractivity contribution in [2.45, 2.75) is 44.1 Å². The van der Waals surface area contributed by atoms with Crippen molar-refractivity contribution in [2.24, 2.45) is 0 Å². The molecule has 1 atom stereocenters. The van der Waals surface area contributed by atoms with Gasteiger partial charge in [0.2, 0.25) is 5.91 Å². The summed E-state index contributed by atoms with van der Waals surface area (Å²) in [4.78, 5) is 23.3. The number of carbonyl (C=O) groups is 2. The molecule has 2 N–H and O–H groups in total. The van der Waals surface area contributed by atoms with E-state index in [0.717, 1.165) is 25.0 Å². The average molecular weight is 297 g/mol. The number of aliphatic carboxylic acids is 1. The van der Waals surface area contributed by atoms with Crippen LogP contribution in [0.5, 0.6) is 0 Å². The van der Waals surface area contributed by atoms with Crippen LogP contribution in [-0.4, -0.2) is 23.0 Å². The van der Waals surface area contributed by atoms with Crippen LogP contribution in [-0.2, 0) is 15.0 Å². The first-order valence-corrected chi connectivity index (χ1v) is 6.86. The summed E-state index contributed by atoms with van der Waals surface area (Å²) in [5.41, 5.74) is -0.974. The maximum atomic E-state index is 14.1. The highest BCUT2D eigenvalue weighted by molar-refractivity contribution is 5.91. The van der Waals surface area contributed by atoms with Crippen molar-refractivity contribution < 1.29 is 23.5 Å². The van der Waals surface area contributed by atoms with E-state index in [9.17, 15) is 18.4 Å². The normalized spacial score (nSPS) is 18.2. The Balaban J connectivity index is 2.36. The molecule has 1 aliphatic carbocycles. The third-order valence-corrected chi connectivity index (χ3v) is 4.06. The van der Waals surface area contributed by atoms with Crippen LogP contribution in [0.3, 0.4) is 0 Å². The molecule has 2 rings (SSSR count). The number of hydrogen-bond donors (Lipinski definition) is 2. The second-order valence-corrected chi connectivity index (χ2v) is 5.45. The van der Waals surface area contributed by atoms with Gasteiger partial charge in [0.25, 0.3) is 0 Å². The Hall–Kier alpha value is -1.98. The van der Waals surface area contributed by atoms with Crippen molar-refractivity contribution in [3.63, 3.8) is 0 Å². The molecule has 6 heteroatoms. The smallest absolute Gasteiger partial charge is 0.325 e. The number of carbonyl (C=O) groups excluding carboxylic acids is 1. The molecule has 1 fully saturated rings. The highest BCUT2D eigenvalue weighted by atomic mass is 19.1. The van der Waals surface area contributed by atoms with E-state index in [1.54, 1.807) is 0 Å². The molecule has 0 aliphatic heterocycles. The largest absolute Gasteiger partial charge is 0.480 e. The number of hydrogen-bond acceptors (Lipinski definition) is 2. The molecule has 1 amide bonds. The summed E-state index contributed by atoms with van der Waals surface area (Å²) in [5, 5.41) is 11.3. The second-order valence-electron chi connectivity index (χ2n) is 5.45. The summed E-state index contributed by atoms with van der Waals surface area (Å²) >= 11 is 0. The van der Waals surface area contributed by atoms with Gasteiger partial charge in [-0.2, -0.15) is 0 Å². The van der Waals surface area contributed by atoms with Gasteiger partial charge in [0.05, 0.1) is 5.41 Å². The van der Waals surface area contributed by atoms with Crippen LogP contribution in [0.15, 0.2) is 18.2 Å². The van der Waals surface area contributed by atoms with Crippen molar-refractivity contribution in [3.05, 3.63) is 35.4 Å². The lowest BCUT2D eigenvalue weighted by molar-refractivity contribution is -0.142. The maximum absolute atomic E-state index is 14.1.